The molecule has 3 atom stereocenters. The molecule has 0 aliphatic heterocycles. The first kappa shape index (κ1) is 26.7. The van der Waals surface area contributed by atoms with Crippen molar-refractivity contribution in [3.63, 3.8) is 0 Å². The monoisotopic (exact) mass is 488 g/mol. The molecule has 182 valence electrons. The van der Waals surface area contributed by atoms with Crippen LogP contribution in [-0.4, -0.2) is 64.3 Å². The number of carbonyl (C=O) groups is 4. The number of hydrogen-bond donors (Lipinski definition) is 7. The predicted molar refractivity (Wildman–Crippen MR) is 128 cm³/mol. The van der Waals surface area contributed by atoms with Crippen molar-refractivity contribution >= 4 is 36.3 Å². The van der Waals surface area contributed by atoms with E-state index in [1.807, 2.05) is 0 Å². The number of aliphatic carboxylic acids is 1. The summed E-state index contributed by atoms with van der Waals surface area (Å²) in [7, 11) is 0. The second-order valence-corrected chi connectivity index (χ2v) is 7.95. The molecule has 0 spiro atoms. The van der Waals surface area contributed by atoms with E-state index in [1.165, 1.54) is 12.1 Å². The first-order chi connectivity index (χ1) is 16.2. The minimum atomic E-state index is -1.22. The van der Waals surface area contributed by atoms with E-state index < -0.39 is 48.4 Å². The number of phenolic OH excluding ortho intramolecular Hbond substituents is 1. The molecule has 0 fully saturated rings. The van der Waals surface area contributed by atoms with E-state index in [-0.39, 0.29) is 24.3 Å². The number of rotatable bonds is 12. The minimum absolute atomic E-state index is 0.0274. The van der Waals surface area contributed by atoms with Crippen LogP contribution in [0.3, 0.4) is 0 Å². The molecule has 10 nitrogen and oxygen atoms in total. The van der Waals surface area contributed by atoms with E-state index in [9.17, 15) is 29.4 Å². The molecular weight excluding hydrogens is 460 g/mol. The Morgan fingerprint density at radius 3 is 2.03 bits per heavy atom. The average molecular weight is 489 g/mol. The van der Waals surface area contributed by atoms with Crippen molar-refractivity contribution in [3.05, 3.63) is 65.7 Å². The van der Waals surface area contributed by atoms with Crippen molar-refractivity contribution in [2.75, 3.05) is 12.3 Å². The number of amides is 3. The molecule has 7 N–H and O–H groups in total. The number of nitrogens with one attached hydrogen (secondary N) is 3. The molecule has 3 unspecified atom stereocenters. The van der Waals surface area contributed by atoms with Gasteiger partial charge < -0.3 is 31.9 Å². The van der Waals surface area contributed by atoms with E-state index in [2.05, 4.69) is 28.6 Å². The zero-order chi connectivity index (χ0) is 25.1. The maximum Gasteiger partial charge on any atom is 0.326 e. The highest BCUT2D eigenvalue weighted by Crippen LogP contribution is 2.12. The molecule has 0 aliphatic carbocycles. The molecular formula is C23H28N4O6S. The Morgan fingerprint density at radius 1 is 0.853 bits per heavy atom. The third kappa shape index (κ3) is 8.75. The molecule has 0 bridgehead atoms. The summed E-state index contributed by atoms with van der Waals surface area (Å²) in [5.74, 6) is -3.03. The lowest BCUT2D eigenvalue weighted by Gasteiger charge is -2.22. The van der Waals surface area contributed by atoms with Gasteiger partial charge in [-0.05, 0) is 23.3 Å². The van der Waals surface area contributed by atoms with E-state index in [1.54, 1.807) is 42.5 Å². The van der Waals surface area contributed by atoms with Crippen LogP contribution >= 0.6 is 12.6 Å². The van der Waals surface area contributed by atoms with Gasteiger partial charge in [-0.25, -0.2) is 4.79 Å². The largest absolute Gasteiger partial charge is 0.508 e. The zero-order valence-electron chi connectivity index (χ0n) is 18.3. The van der Waals surface area contributed by atoms with E-state index >= 15 is 0 Å². The van der Waals surface area contributed by atoms with Gasteiger partial charge in [0.15, 0.2) is 0 Å². The van der Waals surface area contributed by atoms with Crippen LogP contribution in [0.15, 0.2) is 54.6 Å². The second-order valence-electron chi connectivity index (χ2n) is 7.59. The predicted octanol–water partition coefficient (Wildman–Crippen LogP) is -0.395. The van der Waals surface area contributed by atoms with Crippen LogP contribution in [0, 0.1) is 0 Å². The Hall–Kier alpha value is -3.57. The maximum atomic E-state index is 13.0. The fraction of sp³-hybridized carbons (Fsp3) is 0.304. The lowest BCUT2D eigenvalue weighted by atomic mass is 10.0. The number of carboxylic acids is 1. The second kappa shape index (κ2) is 13.2. The minimum Gasteiger partial charge on any atom is -0.508 e. The summed E-state index contributed by atoms with van der Waals surface area (Å²) in [6.45, 7) is -0.425. The Morgan fingerprint density at radius 2 is 1.44 bits per heavy atom. The highest BCUT2D eigenvalue weighted by atomic mass is 32.1. The number of aromatic hydroxyl groups is 1. The van der Waals surface area contributed by atoms with Crippen LogP contribution in [0.4, 0.5) is 0 Å². The molecule has 0 radical (unpaired) electrons. The van der Waals surface area contributed by atoms with Gasteiger partial charge in [-0.3, -0.25) is 14.4 Å². The van der Waals surface area contributed by atoms with E-state index in [4.69, 9.17) is 5.73 Å². The number of hydrogen-bond acceptors (Lipinski definition) is 7. The molecule has 0 aromatic heterocycles. The SMILES string of the molecule is NC(CS)C(=O)NCC(=O)NC(Cc1ccc(O)cc1)C(=O)NC(Cc1ccccc1)C(=O)O. The van der Waals surface area contributed by atoms with Crippen LogP contribution in [0.2, 0.25) is 0 Å². The topological polar surface area (TPSA) is 171 Å². The average Bonchev–Trinajstić information content (AvgIpc) is 2.83. The fourth-order valence-corrected chi connectivity index (χ4v) is 3.19. The van der Waals surface area contributed by atoms with Crippen molar-refractivity contribution in [3.8, 4) is 5.75 Å². The van der Waals surface area contributed by atoms with Crippen LogP contribution in [0.5, 0.6) is 5.75 Å². The highest BCUT2D eigenvalue weighted by Gasteiger charge is 2.27. The van der Waals surface area contributed by atoms with Gasteiger partial charge in [0, 0.05) is 18.6 Å². The Labute approximate surface area is 202 Å². The van der Waals surface area contributed by atoms with Gasteiger partial charge in [-0.15, -0.1) is 0 Å². The van der Waals surface area contributed by atoms with Crippen molar-refractivity contribution in [2.24, 2.45) is 5.73 Å². The molecule has 0 heterocycles. The van der Waals surface area contributed by atoms with Crippen LogP contribution < -0.4 is 21.7 Å². The van der Waals surface area contributed by atoms with Crippen molar-refractivity contribution in [1.82, 2.24) is 16.0 Å². The van der Waals surface area contributed by atoms with E-state index in [0.29, 0.717) is 5.56 Å². The van der Waals surface area contributed by atoms with Gasteiger partial charge >= 0.3 is 5.97 Å². The molecule has 0 saturated carbocycles. The number of benzene rings is 2. The summed E-state index contributed by atoms with van der Waals surface area (Å²) in [5, 5.41) is 26.4. The molecule has 2 aromatic rings. The summed E-state index contributed by atoms with van der Waals surface area (Å²) >= 11 is 3.92. The third-order valence-electron chi connectivity index (χ3n) is 4.88. The van der Waals surface area contributed by atoms with Gasteiger partial charge in [0.05, 0.1) is 12.6 Å². The normalized spacial score (nSPS) is 13.2. The molecule has 2 rings (SSSR count). The smallest absolute Gasteiger partial charge is 0.326 e. The molecule has 2 aromatic carbocycles. The lowest BCUT2D eigenvalue weighted by molar-refractivity contribution is -0.142. The summed E-state index contributed by atoms with van der Waals surface area (Å²) in [6, 6.07) is 11.6. The number of carboxylic acid groups (broad SMARTS) is 1. The maximum absolute atomic E-state index is 13.0. The summed E-state index contributed by atoms with van der Waals surface area (Å²) in [4.78, 5) is 48.9. The summed E-state index contributed by atoms with van der Waals surface area (Å²) in [5.41, 5.74) is 6.89. The van der Waals surface area contributed by atoms with Gasteiger partial charge in [-0.1, -0.05) is 42.5 Å². The van der Waals surface area contributed by atoms with Crippen molar-refractivity contribution in [1.29, 1.82) is 0 Å². The van der Waals surface area contributed by atoms with Gasteiger partial charge in [-0.2, -0.15) is 12.6 Å². The first-order valence-corrected chi connectivity index (χ1v) is 11.1. The fourth-order valence-electron chi connectivity index (χ4n) is 3.03. The summed E-state index contributed by atoms with van der Waals surface area (Å²) in [6.07, 6.45) is 0.0824. The van der Waals surface area contributed by atoms with Gasteiger partial charge in [0.25, 0.3) is 0 Å². The lowest BCUT2D eigenvalue weighted by Crippen LogP contribution is -2.55. The van der Waals surface area contributed by atoms with Crippen molar-refractivity contribution in [2.45, 2.75) is 31.0 Å². The highest BCUT2D eigenvalue weighted by molar-refractivity contribution is 7.80. The number of nitrogens with two attached hydrogens (primary N) is 1. The van der Waals surface area contributed by atoms with Gasteiger partial charge in [0.1, 0.15) is 17.8 Å². The zero-order valence-corrected chi connectivity index (χ0v) is 19.2. The number of carbonyl (C=O) groups excluding carboxylic acids is 3. The number of phenols is 1. The molecule has 11 heteroatoms. The quantitative estimate of drug-likeness (QED) is 0.199. The van der Waals surface area contributed by atoms with Crippen LogP contribution in [0.25, 0.3) is 0 Å². The Bertz CT molecular complexity index is 987. The van der Waals surface area contributed by atoms with Crippen LogP contribution in [0.1, 0.15) is 11.1 Å². The van der Waals surface area contributed by atoms with E-state index in [0.717, 1.165) is 5.56 Å². The molecule has 0 aliphatic rings. The standard InChI is InChI=1S/C23H28N4O6S/c24-17(13-34)21(30)25-12-20(29)26-18(10-15-6-8-16(28)9-7-15)22(31)27-19(23(32)33)11-14-4-2-1-3-5-14/h1-9,17-19,28,34H,10-13,24H2,(H,25,30)(H,26,29)(H,27,31)(H,32,33). The third-order valence-corrected chi connectivity index (χ3v) is 5.28. The Kier molecular flexibility index (Phi) is 10.4. The Balaban J connectivity index is 2.12. The molecule has 34 heavy (non-hydrogen) atoms. The van der Waals surface area contributed by atoms with Crippen molar-refractivity contribution < 1.29 is 29.4 Å². The van der Waals surface area contributed by atoms with Crippen LogP contribution in [-0.2, 0) is 32.0 Å². The first-order valence-electron chi connectivity index (χ1n) is 10.5. The summed E-state index contributed by atoms with van der Waals surface area (Å²) < 4.78 is 0. The number of thiol groups is 1. The molecule has 0 saturated heterocycles. The van der Waals surface area contributed by atoms with Gasteiger partial charge in [0.2, 0.25) is 17.7 Å². The molecule has 3 amide bonds.